The molecule has 106 valence electrons. The molecule has 0 amide bonds. The van der Waals surface area contributed by atoms with Crippen LogP contribution in [0, 0.1) is 5.82 Å². The van der Waals surface area contributed by atoms with Crippen LogP contribution in [0.5, 0.6) is 0 Å². The van der Waals surface area contributed by atoms with Gasteiger partial charge in [-0.1, -0.05) is 24.3 Å². The van der Waals surface area contributed by atoms with E-state index in [4.69, 9.17) is 5.73 Å². The van der Waals surface area contributed by atoms with Crippen LogP contribution >= 0.6 is 0 Å². The lowest BCUT2D eigenvalue weighted by atomic mass is 10.1. The number of hydrogen-bond acceptors (Lipinski definition) is 3. The molecule has 0 unspecified atom stereocenters. The van der Waals surface area contributed by atoms with E-state index in [0.29, 0.717) is 10.9 Å². The molecule has 2 N–H and O–H groups in total. The lowest BCUT2D eigenvalue weighted by Crippen LogP contribution is -2.24. The van der Waals surface area contributed by atoms with E-state index in [2.05, 4.69) is 5.10 Å². The number of nitrogens with two attached hydrogens (primary N) is 1. The summed E-state index contributed by atoms with van der Waals surface area (Å²) < 4.78 is 14.6. The average Bonchev–Trinajstić information content (AvgIpc) is 2.51. The van der Waals surface area contributed by atoms with Gasteiger partial charge in [-0.15, -0.1) is 0 Å². The lowest BCUT2D eigenvalue weighted by molar-refractivity contribution is 0.615. The van der Waals surface area contributed by atoms with Gasteiger partial charge in [-0.2, -0.15) is 5.10 Å². The molecule has 0 aliphatic rings. The second-order valence-corrected chi connectivity index (χ2v) is 4.81. The van der Waals surface area contributed by atoms with E-state index in [0.717, 1.165) is 10.9 Å². The van der Waals surface area contributed by atoms with Crippen molar-refractivity contribution in [2.45, 2.75) is 13.1 Å². The topological polar surface area (TPSA) is 60.9 Å². The normalized spacial score (nSPS) is 11.0. The summed E-state index contributed by atoms with van der Waals surface area (Å²) in [4.78, 5) is 12.4. The van der Waals surface area contributed by atoms with Gasteiger partial charge in [0.2, 0.25) is 0 Å². The molecule has 2 aromatic carbocycles. The highest BCUT2D eigenvalue weighted by atomic mass is 19.1. The molecule has 0 bridgehead atoms. The van der Waals surface area contributed by atoms with Crippen molar-refractivity contribution in [3.63, 3.8) is 0 Å². The summed E-state index contributed by atoms with van der Waals surface area (Å²) in [5, 5.41) is 5.59. The quantitative estimate of drug-likeness (QED) is 0.800. The molecule has 1 heterocycles. The number of aromatic nitrogens is 2. The van der Waals surface area contributed by atoms with E-state index in [1.54, 1.807) is 18.3 Å². The molecule has 0 saturated carbocycles. The van der Waals surface area contributed by atoms with Gasteiger partial charge in [0.05, 0.1) is 18.1 Å². The molecule has 21 heavy (non-hydrogen) atoms. The van der Waals surface area contributed by atoms with Gasteiger partial charge in [-0.05, 0) is 29.3 Å². The summed E-state index contributed by atoms with van der Waals surface area (Å²) in [6.07, 6.45) is 1.66. The van der Waals surface area contributed by atoms with Crippen molar-refractivity contribution in [1.29, 1.82) is 0 Å². The fourth-order valence-electron chi connectivity index (χ4n) is 2.34. The Bertz CT molecular complexity index is 858. The third kappa shape index (κ3) is 2.55. The minimum atomic E-state index is -0.335. The Kier molecular flexibility index (Phi) is 3.50. The molecule has 0 fully saturated rings. The maximum atomic E-state index is 13.2. The van der Waals surface area contributed by atoms with Gasteiger partial charge < -0.3 is 5.73 Å². The maximum Gasteiger partial charge on any atom is 0.274 e. The third-order valence-corrected chi connectivity index (χ3v) is 3.47. The van der Waals surface area contributed by atoms with Crippen LogP contribution in [0.1, 0.15) is 11.1 Å². The highest BCUT2D eigenvalue weighted by Crippen LogP contribution is 2.12. The van der Waals surface area contributed by atoms with Crippen LogP contribution in [0.2, 0.25) is 0 Å². The van der Waals surface area contributed by atoms with Gasteiger partial charge in [-0.25, -0.2) is 9.07 Å². The van der Waals surface area contributed by atoms with Crippen molar-refractivity contribution < 1.29 is 4.39 Å². The van der Waals surface area contributed by atoms with Crippen LogP contribution in [0.3, 0.4) is 0 Å². The summed E-state index contributed by atoms with van der Waals surface area (Å²) >= 11 is 0. The van der Waals surface area contributed by atoms with Gasteiger partial charge >= 0.3 is 0 Å². The zero-order valence-corrected chi connectivity index (χ0v) is 11.3. The fraction of sp³-hybridized carbons (Fsp3) is 0.125. The van der Waals surface area contributed by atoms with Crippen LogP contribution in [0.25, 0.3) is 10.8 Å². The molecule has 0 aliphatic heterocycles. The Morgan fingerprint density at radius 2 is 1.95 bits per heavy atom. The van der Waals surface area contributed by atoms with E-state index in [9.17, 15) is 9.18 Å². The van der Waals surface area contributed by atoms with Crippen molar-refractivity contribution >= 4 is 10.8 Å². The van der Waals surface area contributed by atoms with Crippen molar-refractivity contribution in [2.75, 3.05) is 0 Å². The van der Waals surface area contributed by atoms with Crippen LogP contribution < -0.4 is 11.3 Å². The van der Waals surface area contributed by atoms with E-state index < -0.39 is 0 Å². The monoisotopic (exact) mass is 283 g/mol. The first-order valence-electron chi connectivity index (χ1n) is 6.61. The average molecular weight is 283 g/mol. The molecule has 0 atom stereocenters. The molecule has 0 saturated heterocycles. The summed E-state index contributed by atoms with van der Waals surface area (Å²) in [7, 11) is 0. The highest BCUT2D eigenvalue weighted by Gasteiger charge is 2.08. The Labute approximate surface area is 120 Å². The first kappa shape index (κ1) is 13.5. The number of benzene rings is 2. The van der Waals surface area contributed by atoms with E-state index >= 15 is 0 Å². The predicted molar refractivity (Wildman–Crippen MR) is 79.4 cm³/mol. The van der Waals surface area contributed by atoms with Crippen molar-refractivity contribution in [2.24, 2.45) is 5.73 Å². The zero-order valence-electron chi connectivity index (χ0n) is 11.3. The Morgan fingerprint density at radius 1 is 1.14 bits per heavy atom. The second kappa shape index (κ2) is 5.46. The van der Waals surface area contributed by atoms with Crippen LogP contribution in [-0.4, -0.2) is 9.78 Å². The van der Waals surface area contributed by atoms with Gasteiger partial charge in [0.25, 0.3) is 5.56 Å². The van der Waals surface area contributed by atoms with Gasteiger partial charge in [0.1, 0.15) is 5.82 Å². The van der Waals surface area contributed by atoms with Crippen molar-refractivity contribution in [1.82, 2.24) is 9.78 Å². The molecule has 3 rings (SSSR count). The van der Waals surface area contributed by atoms with Crippen LogP contribution in [0.4, 0.5) is 4.39 Å². The first-order valence-corrected chi connectivity index (χ1v) is 6.61. The standard InChI is InChI=1S/C16H14FN3O/c17-14-6-5-12(13(7-14)8-18)10-20-16(21)15-4-2-1-3-11(15)9-19-20/h1-7,9H,8,10,18H2. The van der Waals surface area contributed by atoms with Gasteiger partial charge in [0.15, 0.2) is 0 Å². The summed E-state index contributed by atoms with van der Waals surface area (Å²) in [6.45, 7) is 0.492. The number of hydrogen-bond donors (Lipinski definition) is 1. The number of nitrogens with zero attached hydrogens (tertiary/aromatic N) is 2. The number of rotatable bonds is 3. The molecule has 5 heteroatoms. The highest BCUT2D eigenvalue weighted by molar-refractivity contribution is 5.80. The van der Waals surface area contributed by atoms with Gasteiger partial charge in [0, 0.05) is 11.9 Å². The number of halogens is 1. The van der Waals surface area contributed by atoms with Crippen molar-refractivity contribution in [3.8, 4) is 0 Å². The fourth-order valence-corrected chi connectivity index (χ4v) is 2.34. The molecule has 0 radical (unpaired) electrons. The molecule has 3 aromatic rings. The predicted octanol–water partition coefficient (Wildman–Crippen LogP) is 2.04. The summed E-state index contributed by atoms with van der Waals surface area (Å²) in [6, 6.07) is 11.7. The number of fused-ring (bicyclic) bond motifs is 1. The SMILES string of the molecule is NCc1cc(F)ccc1Cn1ncc2ccccc2c1=O. The van der Waals surface area contributed by atoms with Crippen LogP contribution in [-0.2, 0) is 13.1 Å². The maximum absolute atomic E-state index is 13.2. The van der Waals surface area contributed by atoms with Crippen LogP contribution in [0.15, 0.2) is 53.5 Å². The summed E-state index contributed by atoms with van der Waals surface area (Å²) in [5.74, 6) is -0.335. The molecule has 4 nitrogen and oxygen atoms in total. The van der Waals surface area contributed by atoms with Crippen molar-refractivity contribution in [3.05, 3.63) is 76.0 Å². The lowest BCUT2D eigenvalue weighted by Gasteiger charge is -2.10. The van der Waals surface area contributed by atoms with Gasteiger partial charge in [-0.3, -0.25) is 4.79 Å². The largest absolute Gasteiger partial charge is 0.326 e. The minimum absolute atomic E-state index is 0.166. The summed E-state index contributed by atoms with van der Waals surface area (Å²) in [5.41, 5.74) is 6.93. The molecular formula is C16H14FN3O. The Morgan fingerprint density at radius 3 is 2.76 bits per heavy atom. The van der Waals surface area contributed by atoms with E-state index in [1.165, 1.54) is 16.8 Å². The zero-order chi connectivity index (χ0) is 14.8. The molecule has 0 aliphatic carbocycles. The Hall–Kier alpha value is -2.53. The minimum Gasteiger partial charge on any atom is -0.326 e. The molecule has 1 aromatic heterocycles. The second-order valence-electron chi connectivity index (χ2n) is 4.81. The smallest absolute Gasteiger partial charge is 0.274 e. The van der Waals surface area contributed by atoms with E-state index in [1.807, 2.05) is 18.2 Å². The molecule has 0 spiro atoms. The molecular weight excluding hydrogens is 269 g/mol. The third-order valence-electron chi connectivity index (χ3n) is 3.47. The van der Waals surface area contributed by atoms with E-state index in [-0.39, 0.29) is 24.5 Å². The Balaban J connectivity index is 2.06. The first-order chi connectivity index (χ1) is 10.2.